The van der Waals surface area contributed by atoms with E-state index in [4.69, 9.17) is 0 Å². The van der Waals surface area contributed by atoms with Gasteiger partial charge in [-0.3, -0.25) is 4.79 Å². The molecule has 3 fully saturated rings. The molecule has 14 heavy (non-hydrogen) atoms. The number of ketones is 1. The molecule has 1 aliphatic carbocycles. The Hall–Kier alpha value is -0.370. The molecular formula is C12H19NO. The van der Waals surface area contributed by atoms with Gasteiger partial charge in [-0.15, -0.1) is 0 Å². The van der Waals surface area contributed by atoms with Crippen LogP contribution in [-0.2, 0) is 4.79 Å². The number of carbonyl (C=O) groups excluding carboxylic acids is 1. The summed E-state index contributed by atoms with van der Waals surface area (Å²) in [5, 5.41) is 3.59. The number of hydrogen-bond acceptors (Lipinski definition) is 2. The number of carbonyl (C=O) groups is 1. The number of hydrogen-bond donors (Lipinski definition) is 1. The summed E-state index contributed by atoms with van der Waals surface area (Å²) in [7, 11) is 0. The lowest BCUT2D eigenvalue weighted by molar-refractivity contribution is -0.124. The molecule has 0 radical (unpaired) electrons. The molecule has 78 valence electrons. The fourth-order valence-corrected chi connectivity index (χ4v) is 3.09. The van der Waals surface area contributed by atoms with Gasteiger partial charge in [-0.05, 0) is 44.4 Å². The number of piperidine rings is 1. The van der Waals surface area contributed by atoms with Gasteiger partial charge >= 0.3 is 0 Å². The quantitative estimate of drug-likeness (QED) is 0.741. The van der Waals surface area contributed by atoms with E-state index < -0.39 is 0 Å². The molecule has 0 spiro atoms. The van der Waals surface area contributed by atoms with Gasteiger partial charge < -0.3 is 5.32 Å². The highest BCUT2D eigenvalue weighted by molar-refractivity contribution is 5.81. The first-order chi connectivity index (χ1) is 6.81. The maximum Gasteiger partial charge on any atom is 0.136 e. The molecule has 2 unspecified atom stereocenters. The van der Waals surface area contributed by atoms with Crippen molar-refractivity contribution < 1.29 is 4.79 Å². The van der Waals surface area contributed by atoms with Crippen LogP contribution in [-0.4, -0.2) is 17.9 Å². The van der Waals surface area contributed by atoms with Gasteiger partial charge in [-0.25, -0.2) is 0 Å². The molecule has 0 amide bonds. The van der Waals surface area contributed by atoms with Crippen molar-refractivity contribution in [3.8, 4) is 0 Å². The van der Waals surface area contributed by atoms with Crippen LogP contribution < -0.4 is 5.32 Å². The monoisotopic (exact) mass is 193 g/mol. The van der Waals surface area contributed by atoms with Crippen molar-refractivity contribution in [3.05, 3.63) is 0 Å². The fourth-order valence-electron chi connectivity index (χ4n) is 3.09. The minimum absolute atomic E-state index is 0.411. The Morgan fingerprint density at radius 1 is 1.07 bits per heavy atom. The molecule has 2 heteroatoms. The van der Waals surface area contributed by atoms with Gasteiger partial charge in [0.05, 0.1) is 0 Å². The van der Waals surface area contributed by atoms with E-state index in [1.54, 1.807) is 0 Å². The third kappa shape index (κ3) is 1.72. The lowest BCUT2D eigenvalue weighted by Gasteiger charge is -2.28. The summed E-state index contributed by atoms with van der Waals surface area (Å²) in [5.74, 6) is 1.76. The number of rotatable bonds is 3. The minimum atomic E-state index is 0.411. The van der Waals surface area contributed by atoms with Gasteiger partial charge in [-0.1, -0.05) is 0 Å². The molecule has 2 nitrogen and oxygen atoms in total. The molecule has 2 bridgehead atoms. The summed E-state index contributed by atoms with van der Waals surface area (Å²) in [6.45, 7) is 0. The van der Waals surface area contributed by atoms with Crippen LogP contribution in [0.1, 0.15) is 44.9 Å². The molecule has 0 aromatic heterocycles. The third-order valence-corrected chi connectivity index (χ3v) is 4.12. The van der Waals surface area contributed by atoms with E-state index in [2.05, 4.69) is 5.32 Å². The van der Waals surface area contributed by atoms with Crippen molar-refractivity contribution in [2.75, 3.05) is 0 Å². The summed E-state index contributed by atoms with van der Waals surface area (Å²) in [5.41, 5.74) is 0. The smallest absolute Gasteiger partial charge is 0.136 e. The van der Waals surface area contributed by atoms with Gasteiger partial charge in [0.2, 0.25) is 0 Å². The zero-order chi connectivity index (χ0) is 9.54. The summed E-state index contributed by atoms with van der Waals surface area (Å²) in [6, 6.07) is 1.34. The second-order valence-corrected chi connectivity index (χ2v) is 5.42. The van der Waals surface area contributed by atoms with E-state index in [9.17, 15) is 4.79 Å². The van der Waals surface area contributed by atoms with E-state index in [0.29, 0.717) is 23.8 Å². The number of nitrogens with one attached hydrogen (secondary N) is 1. The zero-order valence-electron chi connectivity index (χ0n) is 8.67. The van der Waals surface area contributed by atoms with Crippen LogP contribution in [0.2, 0.25) is 0 Å². The van der Waals surface area contributed by atoms with Crippen LogP contribution >= 0.6 is 0 Å². The summed E-state index contributed by atoms with van der Waals surface area (Å²) in [4.78, 5) is 11.9. The zero-order valence-corrected chi connectivity index (χ0v) is 8.67. The van der Waals surface area contributed by atoms with E-state index in [1.807, 2.05) is 0 Å². The van der Waals surface area contributed by atoms with Crippen molar-refractivity contribution in [1.82, 2.24) is 5.32 Å². The Balaban J connectivity index is 1.58. The van der Waals surface area contributed by atoms with Crippen LogP contribution in [0.5, 0.6) is 0 Å². The van der Waals surface area contributed by atoms with Crippen LogP contribution in [0.15, 0.2) is 0 Å². The highest BCUT2D eigenvalue weighted by Gasteiger charge is 2.37. The van der Waals surface area contributed by atoms with E-state index in [1.165, 1.54) is 25.7 Å². The van der Waals surface area contributed by atoms with Gasteiger partial charge in [0, 0.05) is 24.4 Å². The molecule has 3 rings (SSSR count). The predicted octanol–water partition coefficient (Wildman–Crippen LogP) is 1.89. The average Bonchev–Trinajstić information content (AvgIpc) is 2.93. The van der Waals surface area contributed by atoms with Gasteiger partial charge in [-0.2, -0.15) is 0 Å². The molecule has 0 aromatic carbocycles. The molecule has 2 atom stereocenters. The average molecular weight is 193 g/mol. The lowest BCUT2D eigenvalue weighted by Crippen LogP contribution is -2.40. The molecule has 2 aliphatic heterocycles. The predicted molar refractivity (Wildman–Crippen MR) is 55.0 cm³/mol. The molecule has 1 saturated carbocycles. The van der Waals surface area contributed by atoms with Crippen LogP contribution in [0.4, 0.5) is 0 Å². The highest BCUT2D eigenvalue weighted by Crippen LogP contribution is 2.37. The highest BCUT2D eigenvalue weighted by atomic mass is 16.1. The Labute approximate surface area is 85.4 Å². The summed E-state index contributed by atoms with van der Waals surface area (Å²) < 4.78 is 0. The Bertz CT molecular complexity index is 235. The van der Waals surface area contributed by atoms with Crippen molar-refractivity contribution in [2.24, 2.45) is 11.8 Å². The number of Topliss-reactive ketones (excluding diaryl/α,β-unsaturated/α-hetero) is 1. The first kappa shape index (κ1) is 8.90. The lowest BCUT2D eigenvalue weighted by atomic mass is 9.87. The summed E-state index contributed by atoms with van der Waals surface area (Å²) >= 11 is 0. The molecule has 0 aromatic rings. The first-order valence-electron chi connectivity index (χ1n) is 6.10. The van der Waals surface area contributed by atoms with Crippen molar-refractivity contribution in [2.45, 2.75) is 57.0 Å². The first-order valence-corrected chi connectivity index (χ1v) is 6.10. The minimum Gasteiger partial charge on any atom is -0.311 e. The van der Waals surface area contributed by atoms with E-state index in [0.717, 1.165) is 25.2 Å². The van der Waals surface area contributed by atoms with Crippen LogP contribution in [0.25, 0.3) is 0 Å². The second-order valence-electron chi connectivity index (χ2n) is 5.42. The maximum absolute atomic E-state index is 11.9. The Morgan fingerprint density at radius 2 is 1.71 bits per heavy atom. The Kier molecular flexibility index (Phi) is 2.12. The molecule has 2 saturated heterocycles. The normalized spacial score (nSPS) is 41.3. The third-order valence-electron chi connectivity index (χ3n) is 4.12. The van der Waals surface area contributed by atoms with Crippen LogP contribution in [0, 0.1) is 11.8 Å². The van der Waals surface area contributed by atoms with E-state index in [-0.39, 0.29) is 0 Å². The SMILES string of the molecule is O=C(CC1CC1)C1CC2CCC(C1)N2. The van der Waals surface area contributed by atoms with Crippen molar-refractivity contribution in [3.63, 3.8) is 0 Å². The van der Waals surface area contributed by atoms with Crippen molar-refractivity contribution in [1.29, 1.82) is 0 Å². The standard InChI is InChI=1S/C12H19NO/c14-12(5-8-1-2-8)9-6-10-3-4-11(7-9)13-10/h8-11,13H,1-7H2. The van der Waals surface area contributed by atoms with Gasteiger partial charge in [0.1, 0.15) is 5.78 Å². The van der Waals surface area contributed by atoms with Gasteiger partial charge in [0.25, 0.3) is 0 Å². The molecule has 1 N–H and O–H groups in total. The van der Waals surface area contributed by atoms with Crippen LogP contribution in [0.3, 0.4) is 0 Å². The van der Waals surface area contributed by atoms with Gasteiger partial charge in [0.15, 0.2) is 0 Å². The molecular weight excluding hydrogens is 174 g/mol. The number of fused-ring (bicyclic) bond motifs is 2. The van der Waals surface area contributed by atoms with Crippen molar-refractivity contribution >= 4 is 5.78 Å². The molecule has 3 aliphatic rings. The maximum atomic E-state index is 11.9. The summed E-state index contributed by atoms with van der Waals surface area (Å²) in [6.07, 6.45) is 8.37. The topological polar surface area (TPSA) is 29.1 Å². The molecule has 2 heterocycles. The van der Waals surface area contributed by atoms with E-state index >= 15 is 0 Å². The Morgan fingerprint density at radius 3 is 2.29 bits per heavy atom. The fraction of sp³-hybridized carbons (Fsp3) is 0.917. The largest absolute Gasteiger partial charge is 0.311 e. The second kappa shape index (κ2) is 3.34.